The van der Waals surface area contributed by atoms with Gasteiger partial charge in [0.15, 0.2) is 0 Å². The molecule has 1 heterocycles. The smallest absolute Gasteiger partial charge is 0.235 e. The van der Waals surface area contributed by atoms with Crippen molar-refractivity contribution < 1.29 is 9.53 Å². The molecular formula is C11H23N3O2. The van der Waals surface area contributed by atoms with Crippen LogP contribution in [0.3, 0.4) is 0 Å². The number of amides is 1. The van der Waals surface area contributed by atoms with E-state index in [1.165, 1.54) is 0 Å². The molecule has 0 radical (unpaired) electrons. The minimum absolute atomic E-state index is 0.0488. The zero-order chi connectivity index (χ0) is 12.0. The summed E-state index contributed by atoms with van der Waals surface area (Å²) in [4.78, 5) is 11.6. The van der Waals surface area contributed by atoms with E-state index >= 15 is 0 Å². The van der Waals surface area contributed by atoms with Crippen LogP contribution in [0.5, 0.6) is 0 Å². The maximum absolute atomic E-state index is 11.6. The van der Waals surface area contributed by atoms with E-state index in [9.17, 15) is 4.79 Å². The van der Waals surface area contributed by atoms with Gasteiger partial charge in [-0.1, -0.05) is 13.8 Å². The highest BCUT2D eigenvalue weighted by Gasteiger charge is 2.13. The topological polar surface area (TPSA) is 53.6 Å². The van der Waals surface area contributed by atoms with Crippen LogP contribution in [0.15, 0.2) is 0 Å². The Morgan fingerprint density at radius 2 is 1.94 bits per heavy atom. The summed E-state index contributed by atoms with van der Waals surface area (Å²) in [5, 5.41) is 4.99. The number of carbonyl (C=O) groups is 1. The number of carbonyl (C=O) groups excluding carboxylic acids is 1. The first-order valence-electron chi connectivity index (χ1n) is 5.95. The summed E-state index contributed by atoms with van der Waals surface area (Å²) in [7, 11) is 0. The van der Waals surface area contributed by atoms with E-state index in [-0.39, 0.29) is 11.9 Å². The third-order valence-corrected chi connectivity index (χ3v) is 2.86. The Morgan fingerprint density at radius 3 is 2.50 bits per heavy atom. The molecule has 1 amide bonds. The molecule has 0 aromatic heterocycles. The lowest BCUT2D eigenvalue weighted by molar-refractivity contribution is -0.122. The van der Waals surface area contributed by atoms with Crippen LogP contribution in [0.25, 0.3) is 0 Å². The van der Waals surface area contributed by atoms with Gasteiger partial charge in [0, 0.05) is 19.1 Å². The molecule has 16 heavy (non-hydrogen) atoms. The lowest BCUT2D eigenvalue weighted by Gasteiger charge is -2.27. The molecule has 5 nitrogen and oxygen atoms in total. The van der Waals surface area contributed by atoms with Crippen LogP contribution in [-0.4, -0.2) is 49.8 Å². The fourth-order valence-corrected chi connectivity index (χ4v) is 1.38. The third kappa shape index (κ3) is 4.92. The molecule has 1 saturated heterocycles. The summed E-state index contributed by atoms with van der Waals surface area (Å²) in [5.41, 5.74) is 3.11. The summed E-state index contributed by atoms with van der Waals surface area (Å²) >= 11 is 0. The van der Waals surface area contributed by atoms with Gasteiger partial charge in [0.1, 0.15) is 0 Å². The first-order chi connectivity index (χ1) is 7.59. The highest BCUT2D eigenvalue weighted by atomic mass is 16.5. The third-order valence-electron chi connectivity index (χ3n) is 2.86. The lowest BCUT2D eigenvalue weighted by Crippen LogP contribution is -2.50. The number of nitrogens with one attached hydrogen (secondary N) is 2. The van der Waals surface area contributed by atoms with Crippen LogP contribution in [0, 0.1) is 5.92 Å². The Bertz CT molecular complexity index is 215. The fraction of sp³-hybridized carbons (Fsp3) is 0.909. The van der Waals surface area contributed by atoms with Crippen molar-refractivity contribution in [2.75, 3.05) is 32.8 Å². The summed E-state index contributed by atoms with van der Waals surface area (Å²) in [6.45, 7) is 9.71. The minimum atomic E-state index is 0.0488. The molecule has 2 N–H and O–H groups in total. The van der Waals surface area contributed by atoms with Crippen molar-refractivity contribution in [2.45, 2.75) is 26.8 Å². The Kier molecular flexibility index (Phi) is 5.73. The van der Waals surface area contributed by atoms with E-state index in [4.69, 9.17) is 4.74 Å². The maximum Gasteiger partial charge on any atom is 0.235 e. The normalized spacial score (nSPS) is 19.8. The molecule has 0 bridgehead atoms. The van der Waals surface area contributed by atoms with E-state index in [0.717, 1.165) is 26.3 Å². The zero-order valence-corrected chi connectivity index (χ0v) is 10.5. The predicted molar refractivity (Wildman–Crippen MR) is 62.8 cm³/mol. The van der Waals surface area contributed by atoms with Crippen molar-refractivity contribution in [3.63, 3.8) is 0 Å². The molecule has 1 atom stereocenters. The van der Waals surface area contributed by atoms with Crippen LogP contribution in [0.2, 0.25) is 0 Å². The number of nitrogens with zero attached hydrogens (tertiary/aromatic N) is 1. The lowest BCUT2D eigenvalue weighted by atomic mass is 10.1. The largest absolute Gasteiger partial charge is 0.379 e. The molecule has 1 aliphatic rings. The van der Waals surface area contributed by atoms with Crippen LogP contribution in [0.1, 0.15) is 20.8 Å². The molecule has 1 fully saturated rings. The Labute approximate surface area is 97.5 Å². The van der Waals surface area contributed by atoms with Gasteiger partial charge in [0.25, 0.3) is 0 Å². The molecule has 94 valence electrons. The Hall–Kier alpha value is -0.650. The summed E-state index contributed by atoms with van der Waals surface area (Å²) in [6.07, 6.45) is 0. The van der Waals surface area contributed by atoms with E-state index in [1.54, 1.807) is 0 Å². The van der Waals surface area contributed by atoms with Gasteiger partial charge >= 0.3 is 0 Å². The van der Waals surface area contributed by atoms with Gasteiger partial charge in [0.05, 0.1) is 19.8 Å². The van der Waals surface area contributed by atoms with Crippen LogP contribution in [-0.2, 0) is 9.53 Å². The van der Waals surface area contributed by atoms with Crippen LogP contribution in [0.4, 0.5) is 0 Å². The zero-order valence-electron chi connectivity index (χ0n) is 10.5. The number of hydrogen-bond donors (Lipinski definition) is 2. The van der Waals surface area contributed by atoms with Gasteiger partial charge in [0.2, 0.25) is 5.91 Å². The second-order valence-electron chi connectivity index (χ2n) is 4.53. The van der Waals surface area contributed by atoms with E-state index in [2.05, 4.69) is 24.6 Å². The summed E-state index contributed by atoms with van der Waals surface area (Å²) < 4.78 is 5.22. The van der Waals surface area contributed by atoms with Gasteiger partial charge in [-0.05, 0) is 12.8 Å². The number of ether oxygens (including phenoxy) is 1. The van der Waals surface area contributed by atoms with Crippen LogP contribution >= 0.6 is 0 Å². The monoisotopic (exact) mass is 229 g/mol. The fourth-order valence-electron chi connectivity index (χ4n) is 1.38. The second-order valence-corrected chi connectivity index (χ2v) is 4.53. The maximum atomic E-state index is 11.6. The van der Waals surface area contributed by atoms with Crippen molar-refractivity contribution in [3.05, 3.63) is 0 Å². The first-order valence-corrected chi connectivity index (χ1v) is 5.95. The molecule has 0 aromatic rings. The molecular weight excluding hydrogens is 206 g/mol. The summed E-state index contributed by atoms with van der Waals surface area (Å²) in [6, 6.07) is 0.221. The van der Waals surface area contributed by atoms with Gasteiger partial charge in [-0.25, -0.2) is 10.4 Å². The highest BCUT2D eigenvalue weighted by Crippen LogP contribution is 1.99. The van der Waals surface area contributed by atoms with Crippen molar-refractivity contribution in [1.29, 1.82) is 0 Å². The molecule has 5 heteroatoms. The molecule has 0 spiro atoms. The minimum Gasteiger partial charge on any atom is -0.379 e. The van der Waals surface area contributed by atoms with Gasteiger partial charge < -0.3 is 10.1 Å². The van der Waals surface area contributed by atoms with Crippen molar-refractivity contribution in [3.8, 4) is 0 Å². The molecule has 1 unspecified atom stereocenters. The number of hydrazine groups is 1. The van der Waals surface area contributed by atoms with Gasteiger partial charge in [-0.2, -0.15) is 0 Å². The molecule has 1 rings (SSSR count). The molecule has 0 aromatic carbocycles. The van der Waals surface area contributed by atoms with E-state index in [1.807, 2.05) is 11.9 Å². The van der Waals surface area contributed by atoms with Crippen molar-refractivity contribution in [2.24, 2.45) is 5.92 Å². The molecule has 0 aliphatic carbocycles. The average Bonchev–Trinajstić information content (AvgIpc) is 2.27. The van der Waals surface area contributed by atoms with Crippen LogP contribution < -0.4 is 10.7 Å². The van der Waals surface area contributed by atoms with Gasteiger partial charge in [-0.15, -0.1) is 0 Å². The van der Waals surface area contributed by atoms with Gasteiger partial charge in [-0.3, -0.25) is 4.79 Å². The van der Waals surface area contributed by atoms with Crippen molar-refractivity contribution in [1.82, 2.24) is 15.8 Å². The number of rotatable bonds is 5. The molecule has 1 aliphatic heterocycles. The highest BCUT2D eigenvalue weighted by molar-refractivity contribution is 5.78. The number of hydrogen-bond acceptors (Lipinski definition) is 4. The molecule has 0 saturated carbocycles. The number of morpholine rings is 1. The Morgan fingerprint density at radius 1 is 1.31 bits per heavy atom. The SMILES string of the molecule is CC(C)C(C)NC(=O)CNN1CCOCC1. The quantitative estimate of drug-likeness (QED) is 0.696. The van der Waals surface area contributed by atoms with E-state index < -0.39 is 0 Å². The Balaban J connectivity index is 2.14. The second kappa shape index (κ2) is 6.83. The van der Waals surface area contributed by atoms with E-state index in [0.29, 0.717) is 12.5 Å². The first kappa shape index (κ1) is 13.4. The standard InChI is InChI=1S/C11H23N3O2/c1-9(2)10(3)13-11(15)8-12-14-4-6-16-7-5-14/h9-10,12H,4-8H2,1-3H3,(H,13,15). The predicted octanol–water partition coefficient (Wildman–Crippen LogP) is -0.0161. The average molecular weight is 229 g/mol. The summed E-state index contributed by atoms with van der Waals surface area (Å²) in [5.74, 6) is 0.514. The van der Waals surface area contributed by atoms with Crippen molar-refractivity contribution >= 4 is 5.91 Å².